The fourth-order valence-electron chi connectivity index (χ4n) is 2.22. The Morgan fingerprint density at radius 3 is 2.79 bits per heavy atom. The highest BCUT2D eigenvalue weighted by molar-refractivity contribution is 9.10. The summed E-state index contributed by atoms with van der Waals surface area (Å²) in [6.07, 6.45) is 0. The van der Waals surface area contributed by atoms with E-state index in [1.807, 2.05) is 42.5 Å². The van der Waals surface area contributed by atoms with Crippen LogP contribution in [0.1, 0.15) is 25.3 Å². The average Bonchev–Trinajstić information content (AvgIpc) is 2.95. The van der Waals surface area contributed by atoms with E-state index >= 15 is 0 Å². The predicted octanol–water partition coefficient (Wildman–Crippen LogP) is 5.20. The van der Waals surface area contributed by atoms with Crippen LogP contribution in [-0.2, 0) is 4.79 Å². The van der Waals surface area contributed by atoms with Gasteiger partial charge >= 0.3 is 0 Å². The van der Waals surface area contributed by atoms with Crippen molar-refractivity contribution in [2.75, 3.05) is 11.9 Å². The molecule has 4 nitrogen and oxygen atoms in total. The lowest BCUT2D eigenvalue weighted by molar-refractivity contribution is -0.118. The number of halogens is 1. The second-order valence-electron chi connectivity index (χ2n) is 5.67. The van der Waals surface area contributed by atoms with Gasteiger partial charge in [0, 0.05) is 0 Å². The van der Waals surface area contributed by atoms with Crippen LogP contribution in [-0.4, -0.2) is 17.5 Å². The molecule has 0 spiro atoms. The summed E-state index contributed by atoms with van der Waals surface area (Å²) in [7, 11) is 0. The molecule has 1 amide bonds. The molecule has 0 bridgehead atoms. The number of benzene rings is 2. The number of carbonyl (C=O) groups is 1. The van der Waals surface area contributed by atoms with E-state index in [4.69, 9.17) is 4.74 Å². The molecule has 0 fully saturated rings. The van der Waals surface area contributed by atoms with Gasteiger partial charge in [-0.15, -0.1) is 0 Å². The molecular formula is C18H17BrN2O2S. The summed E-state index contributed by atoms with van der Waals surface area (Å²) in [6, 6.07) is 13.7. The Morgan fingerprint density at radius 1 is 1.29 bits per heavy atom. The SMILES string of the molecule is CC(C)c1ccc(OCC(=O)Nc2nc3ccccc3s2)c(Br)c1. The van der Waals surface area contributed by atoms with E-state index < -0.39 is 0 Å². The van der Waals surface area contributed by atoms with Gasteiger partial charge in [-0.25, -0.2) is 4.98 Å². The van der Waals surface area contributed by atoms with E-state index in [1.54, 1.807) is 0 Å². The molecule has 0 atom stereocenters. The van der Waals surface area contributed by atoms with Crippen LogP contribution in [0, 0.1) is 0 Å². The van der Waals surface area contributed by atoms with Gasteiger partial charge in [-0.2, -0.15) is 0 Å². The first kappa shape index (κ1) is 16.9. The Kier molecular flexibility index (Phi) is 5.16. The van der Waals surface area contributed by atoms with Crippen LogP contribution < -0.4 is 10.1 Å². The summed E-state index contributed by atoms with van der Waals surface area (Å²) >= 11 is 4.94. The first-order valence-corrected chi connectivity index (χ1v) is 9.21. The molecule has 0 saturated carbocycles. The van der Waals surface area contributed by atoms with Gasteiger partial charge in [0.25, 0.3) is 5.91 Å². The van der Waals surface area contributed by atoms with Gasteiger partial charge in [0.1, 0.15) is 5.75 Å². The fourth-order valence-corrected chi connectivity index (χ4v) is 3.61. The zero-order valence-electron chi connectivity index (χ0n) is 13.4. The topological polar surface area (TPSA) is 51.2 Å². The summed E-state index contributed by atoms with van der Waals surface area (Å²) < 4.78 is 7.49. The summed E-state index contributed by atoms with van der Waals surface area (Å²) in [5.41, 5.74) is 2.10. The van der Waals surface area contributed by atoms with E-state index in [-0.39, 0.29) is 12.5 Å². The van der Waals surface area contributed by atoms with Gasteiger partial charge in [-0.05, 0) is 51.7 Å². The minimum absolute atomic E-state index is 0.0600. The van der Waals surface area contributed by atoms with Gasteiger partial charge in [-0.1, -0.05) is 43.4 Å². The van der Waals surface area contributed by atoms with Crippen LogP contribution in [0.4, 0.5) is 5.13 Å². The molecule has 0 aliphatic carbocycles. The van der Waals surface area contributed by atoms with Crippen molar-refractivity contribution in [3.8, 4) is 5.75 Å². The monoisotopic (exact) mass is 404 g/mol. The van der Waals surface area contributed by atoms with E-state index in [1.165, 1.54) is 16.9 Å². The molecule has 0 aliphatic heterocycles. The number of nitrogens with one attached hydrogen (secondary N) is 1. The average molecular weight is 405 g/mol. The van der Waals surface area contributed by atoms with Crippen molar-refractivity contribution in [3.05, 3.63) is 52.5 Å². The maximum atomic E-state index is 12.1. The summed E-state index contributed by atoms with van der Waals surface area (Å²) in [5.74, 6) is 0.866. The Hall–Kier alpha value is -1.92. The van der Waals surface area contributed by atoms with Crippen LogP contribution in [0.5, 0.6) is 5.75 Å². The Bertz CT molecular complexity index is 843. The number of amides is 1. The first-order valence-electron chi connectivity index (χ1n) is 7.60. The lowest BCUT2D eigenvalue weighted by Gasteiger charge is -2.11. The number of hydrogen-bond donors (Lipinski definition) is 1. The van der Waals surface area contributed by atoms with Gasteiger partial charge in [0.15, 0.2) is 11.7 Å². The number of hydrogen-bond acceptors (Lipinski definition) is 4. The van der Waals surface area contributed by atoms with E-state index in [0.29, 0.717) is 16.8 Å². The molecule has 0 aliphatic rings. The molecular weight excluding hydrogens is 388 g/mol. The molecule has 0 unspecified atom stereocenters. The van der Waals surface area contributed by atoms with Crippen LogP contribution in [0.2, 0.25) is 0 Å². The van der Waals surface area contributed by atoms with Crippen molar-refractivity contribution in [3.63, 3.8) is 0 Å². The first-order chi connectivity index (χ1) is 11.5. The van der Waals surface area contributed by atoms with Crippen molar-refractivity contribution in [2.45, 2.75) is 19.8 Å². The van der Waals surface area contributed by atoms with Crippen molar-refractivity contribution >= 4 is 48.5 Å². The summed E-state index contributed by atoms with van der Waals surface area (Å²) in [6.45, 7) is 4.21. The van der Waals surface area contributed by atoms with Crippen molar-refractivity contribution in [1.29, 1.82) is 0 Å². The van der Waals surface area contributed by atoms with Crippen molar-refractivity contribution in [2.24, 2.45) is 0 Å². The molecule has 1 aromatic heterocycles. The second-order valence-corrected chi connectivity index (χ2v) is 7.55. The van der Waals surface area contributed by atoms with Crippen LogP contribution in [0.15, 0.2) is 46.9 Å². The number of thiazole rings is 1. The second kappa shape index (κ2) is 7.32. The molecule has 24 heavy (non-hydrogen) atoms. The number of nitrogens with zero attached hydrogens (tertiary/aromatic N) is 1. The zero-order valence-corrected chi connectivity index (χ0v) is 15.8. The Morgan fingerprint density at radius 2 is 2.08 bits per heavy atom. The largest absolute Gasteiger partial charge is 0.483 e. The smallest absolute Gasteiger partial charge is 0.264 e. The molecule has 3 aromatic rings. The quantitative estimate of drug-likeness (QED) is 0.635. The standard InChI is InChI=1S/C18H17BrN2O2S/c1-11(2)12-7-8-15(13(19)9-12)23-10-17(22)21-18-20-14-5-3-4-6-16(14)24-18/h3-9,11H,10H2,1-2H3,(H,20,21,22). The third kappa shape index (κ3) is 3.94. The van der Waals surface area contributed by atoms with E-state index in [2.05, 4.69) is 40.1 Å². The predicted molar refractivity (Wildman–Crippen MR) is 102 cm³/mol. The Balaban J connectivity index is 1.61. The summed E-state index contributed by atoms with van der Waals surface area (Å²) in [5, 5.41) is 3.36. The van der Waals surface area contributed by atoms with Crippen LogP contribution >= 0.6 is 27.3 Å². The number of fused-ring (bicyclic) bond motifs is 1. The van der Waals surface area contributed by atoms with Crippen molar-refractivity contribution < 1.29 is 9.53 Å². The molecule has 3 rings (SSSR count). The number of para-hydroxylation sites is 1. The fraction of sp³-hybridized carbons (Fsp3) is 0.222. The number of aromatic nitrogens is 1. The highest BCUT2D eigenvalue weighted by Crippen LogP contribution is 2.29. The number of ether oxygens (including phenoxy) is 1. The molecule has 124 valence electrons. The molecule has 2 aromatic carbocycles. The lowest BCUT2D eigenvalue weighted by Crippen LogP contribution is -2.20. The lowest BCUT2D eigenvalue weighted by atomic mass is 10.0. The maximum Gasteiger partial charge on any atom is 0.264 e. The third-order valence-electron chi connectivity index (χ3n) is 3.52. The maximum absolute atomic E-state index is 12.1. The van der Waals surface area contributed by atoms with Gasteiger partial charge in [0.05, 0.1) is 14.7 Å². The highest BCUT2D eigenvalue weighted by atomic mass is 79.9. The minimum atomic E-state index is -0.228. The van der Waals surface area contributed by atoms with Crippen LogP contribution in [0.25, 0.3) is 10.2 Å². The van der Waals surface area contributed by atoms with Gasteiger partial charge < -0.3 is 4.74 Å². The number of rotatable bonds is 5. The number of anilines is 1. The molecule has 0 radical (unpaired) electrons. The van der Waals surface area contributed by atoms with E-state index in [9.17, 15) is 4.79 Å². The van der Waals surface area contributed by atoms with Crippen molar-refractivity contribution in [1.82, 2.24) is 4.98 Å². The van der Waals surface area contributed by atoms with Gasteiger partial charge in [-0.3, -0.25) is 10.1 Å². The summed E-state index contributed by atoms with van der Waals surface area (Å²) in [4.78, 5) is 16.4. The molecule has 1 heterocycles. The normalized spacial score (nSPS) is 11.0. The third-order valence-corrected chi connectivity index (χ3v) is 5.09. The molecule has 1 N–H and O–H groups in total. The Labute approximate surface area is 153 Å². The zero-order chi connectivity index (χ0) is 17.1. The number of carbonyl (C=O) groups excluding carboxylic acids is 1. The minimum Gasteiger partial charge on any atom is -0.483 e. The molecule has 6 heteroatoms. The molecule has 0 saturated heterocycles. The highest BCUT2D eigenvalue weighted by Gasteiger charge is 2.10. The van der Waals surface area contributed by atoms with Gasteiger partial charge in [0.2, 0.25) is 0 Å². The van der Waals surface area contributed by atoms with E-state index in [0.717, 1.165) is 14.7 Å². The van der Waals surface area contributed by atoms with Crippen LogP contribution in [0.3, 0.4) is 0 Å².